The molecule has 0 unspecified atom stereocenters. The van der Waals surface area contributed by atoms with Crippen molar-refractivity contribution < 1.29 is 13.7 Å². The lowest BCUT2D eigenvalue weighted by Gasteiger charge is -2.03. The Morgan fingerprint density at radius 3 is 2.69 bits per heavy atom. The van der Waals surface area contributed by atoms with Crippen molar-refractivity contribution in [3.05, 3.63) is 33.0 Å². The largest absolute Gasteiger partial charge is 0.372 e. The fourth-order valence-electron chi connectivity index (χ4n) is 1.06. The molecule has 0 saturated heterocycles. The number of halogens is 3. The van der Waals surface area contributed by atoms with Gasteiger partial charge in [0.25, 0.3) is 6.43 Å². The topological polar surface area (TPSA) is 79.8 Å². The zero-order valence-corrected chi connectivity index (χ0v) is 9.24. The van der Waals surface area contributed by atoms with E-state index in [1.165, 1.54) is 0 Å². The van der Waals surface area contributed by atoms with Gasteiger partial charge in [0.05, 0.1) is 5.33 Å². The van der Waals surface area contributed by atoms with E-state index in [1.54, 1.807) is 6.07 Å². The Morgan fingerprint density at radius 1 is 1.69 bits per heavy atom. The van der Waals surface area contributed by atoms with Crippen molar-refractivity contribution in [3.8, 4) is 6.07 Å². The molecule has 0 amide bonds. The summed E-state index contributed by atoms with van der Waals surface area (Å²) in [6, 6.07) is 2.46. The second kappa shape index (κ2) is 4.94. The van der Waals surface area contributed by atoms with Gasteiger partial charge in [0.2, 0.25) is 0 Å². The average molecular weight is 292 g/mol. The Kier molecular flexibility index (Phi) is 3.84. The highest BCUT2D eigenvalue weighted by Gasteiger charge is 2.26. The molecule has 0 aliphatic heterocycles. The number of rotatable bonds is 3. The molecule has 0 bridgehead atoms. The van der Waals surface area contributed by atoms with Crippen molar-refractivity contribution >= 4 is 21.7 Å². The molecule has 0 fully saturated rings. The maximum absolute atomic E-state index is 12.5. The van der Waals surface area contributed by atoms with Crippen LogP contribution in [0.3, 0.4) is 0 Å². The van der Waals surface area contributed by atoms with Gasteiger partial charge in [0, 0.05) is 0 Å². The minimum atomic E-state index is -3.04. The summed E-state index contributed by atoms with van der Waals surface area (Å²) in [7, 11) is 0. The first-order valence-corrected chi connectivity index (χ1v) is 5.05. The van der Waals surface area contributed by atoms with Gasteiger partial charge in [-0.1, -0.05) is 15.9 Å². The summed E-state index contributed by atoms with van der Waals surface area (Å²) in [5.41, 5.74) is -0.873. The van der Waals surface area contributed by atoms with Gasteiger partial charge in [-0.05, 0) is 16.0 Å². The molecule has 0 spiro atoms. The van der Waals surface area contributed by atoms with Crippen LogP contribution in [-0.4, -0.2) is 9.91 Å². The molecule has 0 aliphatic rings. The first kappa shape index (κ1) is 12.4. The zero-order chi connectivity index (χ0) is 12.3. The third kappa shape index (κ3) is 2.30. The van der Waals surface area contributed by atoms with E-state index in [1.807, 2.05) is 0 Å². The van der Waals surface area contributed by atoms with Crippen LogP contribution in [0.15, 0.2) is 6.07 Å². The van der Waals surface area contributed by atoms with E-state index in [9.17, 15) is 18.9 Å². The van der Waals surface area contributed by atoms with Crippen LogP contribution in [0.1, 0.15) is 23.2 Å². The van der Waals surface area contributed by atoms with E-state index in [2.05, 4.69) is 20.9 Å². The molecular formula is C8H4BrF2N3O2. The lowest BCUT2D eigenvalue weighted by atomic mass is 10.1. The van der Waals surface area contributed by atoms with Crippen molar-refractivity contribution in [2.75, 3.05) is 0 Å². The van der Waals surface area contributed by atoms with Crippen molar-refractivity contribution in [1.82, 2.24) is 4.98 Å². The Bertz CT molecular complexity index is 473. The van der Waals surface area contributed by atoms with Gasteiger partial charge in [-0.25, -0.2) is 8.78 Å². The fraction of sp³-hybridized carbons (Fsp3) is 0.250. The van der Waals surface area contributed by atoms with Gasteiger partial charge in [-0.15, -0.1) is 0 Å². The van der Waals surface area contributed by atoms with Gasteiger partial charge in [0.1, 0.15) is 17.2 Å². The quantitative estimate of drug-likeness (QED) is 0.487. The maximum Gasteiger partial charge on any atom is 0.372 e. The minimum absolute atomic E-state index is 0.0681. The number of aromatic nitrogens is 1. The highest BCUT2D eigenvalue weighted by Crippen LogP contribution is 2.29. The molecule has 1 heterocycles. The molecule has 0 aliphatic carbocycles. The van der Waals surface area contributed by atoms with Crippen LogP contribution in [0, 0.1) is 21.4 Å². The van der Waals surface area contributed by atoms with Crippen molar-refractivity contribution in [1.29, 1.82) is 5.26 Å². The van der Waals surface area contributed by atoms with E-state index in [0.717, 1.165) is 6.07 Å². The third-order valence-corrected chi connectivity index (χ3v) is 2.30. The SMILES string of the molecule is N#Cc1cc(C(F)F)c([N+](=O)[O-])nc1CBr. The standard InChI is InChI=1S/C8H4BrF2N3O2/c9-2-6-4(3-12)1-5(7(10)11)8(13-6)14(15)16/h1,7H,2H2. The van der Waals surface area contributed by atoms with E-state index < -0.39 is 22.7 Å². The molecule has 1 aromatic rings. The van der Waals surface area contributed by atoms with Gasteiger partial charge < -0.3 is 10.1 Å². The minimum Gasteiger partial charge on any atom is -0.358 e. The molecule has 84 valence electrons. The maximum atomic E-state index is 12.5. The van der Waals surface area contributed by atoms with Gasteiger partial charge in [0.15, 0.2) is 5.69 Å². The average Bonchev–Trinajstić information content (AvgIpc) is 2.26. The number of nitriles is 1. The molecule has 0 radical (unpaired) electrons. The van der Waals surface area contributed by atoms with Gasteiger partial charge >= 0.3 is 5.82 Å². The van der Waals surface area contributed by atoms with Crippen LogP contribution < -0.4 is 0 Å². The highest BCUT2D eigenvalue weighted by atomic mass is 79.9. The van der Waals surface area contributed by atoms with E-state index >= 15 is 0 Å². The predicted octanol–water partition coefficient (Wildman–Crippen LogP) is 2.69. The molecule has 1 rings (SSSR count). The van der Waals surface area contributed by atoms with Crippen molar-refractivity contribution in [2.24, 2.45) is 0 Å². The van der Waals surface area contributed by atoms with Crippen LogP contribution in [0.4, 0.5) is 14.6 Å². The van der Waals surface area contributed by atoms with E-state index in [0.29, 0.717) is 0 Å². The number of nitro groups is 1. The summed E-state index contributed by atoms with van der Waals surface area (Å²) in [6.07, 6.45) is -3.04. The third-order valence-electron chi connectivity index (χ3n) is 1.76. The number of alkyl halides is 3. The Hall–Kier alpha value is -1.62. The molecule has 16 heavy (non-hydrogen) atoms. The van der Waals surface area contributed by atoms with Crippen molar-refractivity contribution in [3.63, 3.8) is 0 Å². The second-order valence-corrected chi connectivity index (χ2v) is 3.26. The first-order valence-electron chi connectivity index (χ1n) is 3.93. The predicted molar refractivity (Wildman–Crippen MR) is 53.2 cm³/mol. The molecule has 0 atom stereocenters. The van der Waals surface area contributed by atoms with Crippen LogP contribution >= 0.6 is 15.9 Å². The number of pyridine rings is 1. The van der Waals surface area contributed by atoms with Crippen LogP contribution in [0.5, 0.6) is 0 Å². The summed E-state index contributed by atoms with van der Waals surface area (Å²) >= 11 is 2.97. The Labute approximate surface area is 97.0 Å². The fourth-order valence-corrected chi connectivity index (χ4v) is 1.49. The highest BCUT2D eigenvalue weighted by molar-refractivity contribution is 9.08. The second-order valence-electron chi connectivity index (χ2n) is 2.70. The van der Waals surface area contributed by atoms with E-state index in [-0.39, 0.29) is 16.6 Å². The summed E-state index contributed by atoms with van der Waals surface area (Å²) in [5.74, 6) is -0.913. The molecular weight excluding hydrogens is 288 g/mol. The summed E-state index contributed by atoms with van der Waals surface area (Å²) in [6.45, 7) is 0. The summed E-state index contributed by atoms with van der Waals surface area (Å²) in [5, 5.41) is 19.2. The van der Waals surface area contributed by atoms with Crippen LogP contribution in [0.25, 0.3) is 0 Å². The lowest BCUT2D eigenvalue weighted by molar-refractivity contribution is -0.391. The molecule has 0 saturated carbocycles. The number of hydrogen-bond acceptors (Lipinski definition) is 4. The molecule has 1 aromatic heterocycles. The molecule has 0 N–H and O–H groups in total. The Balaban J connectivity index is 3.49. The van der Waals surface area contributed by atoms with Gasteiger partial charge in [-0.3, -0.25) is 0 Å². The van der Waals surface area contributed by atoms with Crippen molar-refractivity contribution in [2.45, 2.75) is 11.8 Å². The normalized spacial score (nSPS) is 10.2. The van der Waals surface area contributed by atoms with Gasteiger partial charge in [-0.2, -0.15) is 5.26 Å². The van der Waals surface area contributed by atoms with E-state index in [4.69, 9.17) is 5.26 Å². The number of hydrogen-bond donors (Lipinski definition) is 0. The number of nitrogens with zero attached hydrogens (tertiary/aromatic N) is 3. The monoisotopic (exact) mass is 291 g/mol. The summed E-state index contributed by atoms with van der Waals surface area (Å²) in [4.78, 5) is 12.9. The smallest absolute Gasteiger partial charge is 0.358 e. The molecule has 8 heteroatoms. The Morgan fingerprint density at radius 2 is 2.31 bits per heavy atom. The van der Waals surface area contributed by atoms with Crippen LogP contribution in [0.2, 0.25) is 0 Å². The zero-order valence-electron chi connectivity index (χ0n) is 7.65. The molecule has 5 nitrogen and oxygen atoms in total. The summed E-state index contributed by atoms with van der Waals surface area (Å²) < 4.78 is 24.9. The molecule has 0 aromatic carbocycles. The lowest BCUT2D eigenvalue weighted by Crippen LogP contribution is -2.03. The first-order chi connectivity index (χ1) is 7.51. The van der Waals surface area contributed by atoms with Crippen LogP contribution in [-0.2, 0) is 5.33 Å².